The van der Waals surface area contributed by atoms with Crippen LogP contribution in [0.15, 0.2) is 11.6 Å². The Kier molecular flexibility index (Phi) is 4.17. The quantitative estimate of drug-likeness (QED) is 0.788. The monoisotopic (exact) mass is 278 g/mol. The van der Waals surface area contributed by atoms with E-state index in [2.05, 4.69) is 33.8 Å². The predicted molar refractivity (Wildman–Crippen MR) is 82.4 cm³/mol. The van der Waals surface area contributed by atoms with E-state index in [4.69, 9.17) is 0 Å². The molecule has 0 aromatic heterocycles. The van der Waals surface area contributed by atoms with Crippen LogP contribution in [0.5, 0.6) is 0 Å². The van der Waals surface area contributed by atoms with Gasteiger partial charge in [0, 0.05) is 6.42 Å². The zero-order valence-corrected chi connectivity index (χ0v) is 13.7. The van der Waals surface area contributed by atoms with Gasteiger partial charge in [-0.05, 0) is 62.2 Å². The van der Waals surface area contributed by atoms with Crippen molar-refractivity contribution >= 4 is 5.78 Å². The van der Waals surface area contributed by atoms with Crippen LogP contribution in [0.1, 0.15) is 66.7 Å². The maximum atomic E-state index is 11.4. The van der Waals surface area contributed by atoms with E-state index in [0.717, 1.165) is 25.7 Å². The predicted octanol–water partition coefficient (Wildman–Crippen LogP) is 4.13. The van der Waals surface area contributed by atoms with Gasteiger partial charge < -0.3 is 9.90 Å². The van der Waals surface area contributed by atoms with E-state index in [1.165, 1.54) is 5.57 Å². The number of rotatable bonds is 3. The van der Waals surface area contributed by atoms with Crippen molar-refractivity contribution in [3.8, 4) is 0 Å². The second kappa shape index (κ2) is 5.29. The number of hydrogen-bond acceptors (Lipinski definition) is 2. The Labute approximate surface area is 123 Å². The number of carbonyl (C=O) groups excluding carboxylic acids is 1. The fourth-order valence-corrected chi connectivity index (χ4v) is 4.94. The second-order valence-electron chi connectivity index (χ2n) is 7.91. The van der Waals surface area contributed by atoms with Crippen molar-refractivity contribution < 1.29 is 9.90 Å². The van der Waals surface area contributed by atoms with Crippen molar-refractivity contribution in [3.63, 3.8) is 0 Å². The Morgan fingerprint density at radius 2 is 2.05 bits per heavy atom. The maximum Gasteiger partial charge on any atom is 0.129 e. The minimum Gasteiger partial charge on any atom is -0.393 e. The van der Waals surface area contributed by atoms with E-state index in [-0.39, 0.29) is 16.9 Å². The molecule has 0 spiro atoms. The van der Waals surface area contributed by atoms with Gasteiger partial charge in [0.15, 0.2) is 0 Å². The number of Topliss-reactive ketones (excluding diaryl/α,β-unsaturated/α-hetero) is 1. The van der Waals surface area contributed by atoms with Gasteiger partial charge in [0.05, 0.1) is 6.10 Å². The summed E-state index contributed by atoms with van der Waals surface area (Å²) >= 11 is 0. The van der Waals surface area contributed by atoms with Gasteiger partial charge in [-0.25, -0.2) is 0 Å². The third-order valence-corrected chi connectivity index (χ3v) is 6.32. The molecule has 0 radical (unpaired) electrons. The molecule has 4 atom stereocenters. The fraction of sp³-hybridized carbons (Fsp3) is 0.833. The smallest absolute Gasteiger partial charge is 0.129 e. The molecule has 0 aromatic carbocycles. The highest BCUT2D eigenvalue weighted by atomic mass is 16.3. The average Bonchev–Trinajstić information content (AvgIpc) is 2.33. The number of allylic oxidation sites excluding steroid dienone is 2. The Balaban J connectivity index is 2.31. The fourth-order valence-electron chi connectivity index (χ4n) is 4.94. The van der Waals surface area contributed by atoms with Crippen LogP contribution in [0.25, 0.3) is 0 Å². The molecule has 2 aliphatic rings. The number of hydrogen-bond donors (Lipinski definition) is 1. The Hall–Kier alpha value is -0.630. The van der Waals surface area contributed by atoms with Gasteiger partial charge in [0.25, 0.3) is 0 Å². The van der Waals surface area contributed by atoms with E-state index in [1.807, 2.05) is 0 Å². The van der Waals surface area contributed by atoms with Crippen LogP contribution in [0.3, 0.4) is 0 Å². The summed E-state index contributed by atoms with van der Waals surface area (Å²) in [5.74, 6) is 1.30. The topological polar surface area (TPSA) is 37.3 Å². The third kappa shape index (κ3) is 2.47. The van der Waals surface area contributed by atoms with E-state index in [9.17, 15) is 9.90 Å². The minimum atomic E-state index is -0.194. The molecule has 0 saturated heterocycles. The van der Waals surface area contributed by atoms with Crippen LogP contribution in [0, 0.1) is 22.7 Å². The van der Waals surface area contributed by atoms with Crippen LogP contribution in [0.2, 0.25) is 0 Å². The summed E-state index contributed by atoms with van der Waals surface area (Å²) in [6.45, 7) is 10.7. The summed E-state index contributed by atoms with van der Waals surface area (Å²) in [4.78, 5) is 11.4. The van der Waals surface area contributed by atoms with Crippen LogP contribution in [-0.4, -0.2) is 17.0 Å². The Bertz CT molecular complexity index is 421. The standard InChI is InChI=1S/C18H30O2/c1-12-6-9-15-17(3,4)16(20)10-11-18(15,5)14(12)8-7-13(2)19/h6,14-16,20H,7-11H2,1-5H3/t14-,15-,16-,18+/m0/s1. The number of aliphatic hydroxyl groups is 1. The SMILES string of the molecule is CC(=O)CC[C@H]1C(C)=CC[C@H]2C(C)(C)[C@@H](O)CC[C@]12C. The van der Waals surface area contributed by atoms with Crippen molar-refractivity contribution in [1.82, 2.24) is 0 Å². The van der Waals surface area contributed by atoms with E-state index < -0.39 is 0 Å². The molecule has 2 rings (SSSR count). The summed E-state index contributed by atoms with van der Waals surface area (Å²) in [5, 5.41) is 10.4. The van der Waals surface area contributed by atoms with Gasteiger partial charge in [-0.3, -0.25) is 0 Å². The molecule has 0 amide bonds. The van der Waals surface area contributed by atoms with Gasteiger partial charge >= 0.3 is 0 Å². The highest BCUT2D eigenvalue weighted by Crippen LogP contribution is 2.60. The molecule has 114 valence electrons. The third-order valence-electron chi connectivity index (χ3n) is 6.32. The molecule has 2 aliphatic carbocycles. The van der Waals surface area contributed by atoms with Crippen LogP contribution in [-0.2, 0) is 4.79 Å². The Morgan fingerprint density at radius 1 is 1.40 bits per heavy atom. The van der Waals surface area contributed by atoms with Crippen molar-refractivity contribution in [2.45, 2.75) is 72.8 Å². The highest BCUT2D eigenvalue weighted by Gasteiger charge is 2.54. The van der Waals surface area contributed by atoms with Gasteiger partial charge in [-0.2, -0.15) is 0 Å². The van der Waals surface area contributed by atoms with Gasteiger partial charge in [0.2, 0.25) is 0 Å². The van der Waals surface area contributed by atoms with Crippen molar-refractivity contribution in [1.29, 1.82) is 0 Å². The summed E-state index contributed by atoms with van der Waals surface area (Å²) in [5.41, 5.74) is 1.66. The molecule has 0 unspecified atom stereocenters. The first kappa shape index (κ1) is 15.8. The number of carbonyl (C=O) groups is 1. The van der Waals surface area contributed by atoms with Gasteiger partial charge in [-0.1, -0.05) is 32.4 Å². The first-order chi connectivity index (χ1) is 9.19. The zero-order valence-electron chi connectivity index (χ0n) is 13.7. The summed E-state index contributed by atoms with van der Waals surface area (Å²) in [6, 6.07) is 0. The number of fused-ring (bicyclic) bond motifs is 1. The minimum absolute atomic E-state index is 0.0291. The van der Waals surface area contributed by atoms with E-state index >= 15 is 0 Å². The summed E-state index contributed by atoms with van der Waals surface area (Å²) in [6.07, 6.45) is 6.86. The van der Waals surface area contributed by atoms with E-state index in [0.29, 0.717) is 24.0 Å². The largest absolute Gasteiger partial charge is 0.393 e. The molecule has 1 saturated carbocycles. The molecule has 0 heterocycles. The lowest BCUT2D eigenvalue weighted by molar-refractivity contribution is -0.122. The average molecular weight is 278 g/mol. The zero-order chi connectivity index (χ0) is 15.1. The molecule has 1 fully saturated rings. The number of aliphatic hydroxyl groups excluding tert-OH is 1. The molecule has 2 heteroatoms. The number of ketones is 1. The molecule has 0 bridgehead atoms. The molecular formula is C18H30O2. The van der Waals surface area contributed by atoms with Crippen LogP contribution in [0.4, 0.5) is 0 Å². The molecular weight excluding hydrogens is 248 g/mol. The lowest BCUT2D eigenvalue weighted by Crippen LogP contribution is -2.54. The second-order valence-corrected chi connectivity index (χ2v) is 7.91. The highest BCUT2D eigenvalue weighted by molar-refractivity contribution is 5.75. The lowest BCUT2D eigenvalue weighted by atomic mass is 9.47. The van der Waals surface area contributed by atoms with Crippen molar-refractivity contribution in [2.24, 2.45) is 22.7 Å². The lowest BCUT2D eigenvalue weighted by Gasteiger charge is -2.58. The normalized spacial score (nSPS) is 39.9. The molecule has 1 N–H and O–H groups in total. The van der Waals surface area contributed by atoms with Gasteiger partial charge in [0.1, 0.15) is 5.78 Å². The van der Waals surface area contributed by atoms with E-state index in [1.54, 1.807) is 6.92 Å². The van der Waals surface area contributed by atoms with Crippen molar-refractivity contribution in [3.05, 3.63) is 11.6 Å². The van der Waals surface area contributed by atoms with Gasteiger partial charge in [-0.15, -0.1) is 0 Å². The van der Waals surface area contributed by atoms with Crippen LogP contribution >= 0.6 is 0 Å². The first-order valence-corrected chi connectivity index (χ1v) is 8.03. The first-order valence-electron chi connectivity index (χ1n) is 8.03. The Morgan fingerprint density at radius 3 is 2.65 bits per heavy atom. The molecule has 2 nitrogen and oxygen atoms in total. The van der Waals surface area contributed by atoms with Crippen molar-refractivity contribution in [2.75, 3.05) is 0 Å². The summed E-state index contributed by atoms with van der Waals surface area (Å²) < 4.78 is 0. The molecule has 0 aromatic rings. The van der Waals surface area contributed by atoms with Crippen LogP contribution < -0.4 is 0 Å². The molecule has 20 heavy (non-hydrogen) atoms. The molecule has 0 aliphatic heterocycles. The summed E-state index contributed by atoms with van der Waals surface area (Å²) in [7, 11) is 0. The maximum absolute atomic E-state index is 11.4.